The molecule has 0 aliphatic heterocycles. The van der Waals surface area contributed by atoms with E-state index in [-0.39, 0.29) is 0 Å². The van der Waals surface area contributed by atoms with Crippen molar-refractivity contribution in [2.45, 2.75) is 58.8 Å². The summed E-state index contributed by atoms with van der Waals surface area (Å²) in [5.41, 5.74) is 0.444. The highest BCUT2D eigenvalue weighted by atomic mass is 14.6. The molecule has 0 radical (unpaired) electrons. The molecular formula is C28H38. The maximum absolute atomic E-state index is 2.66. The Hall–Kier alpha value is -1.04. The van der Waals surface area contributed by atoms with Gasteiger partial charge in [-0.3, -0.25) is 0 Å². The molecule has 9 atom stereocenters. The van der Waals surface area contributed by atoms with Gasteiger partial charge in [0, 0.05) is 0 Å². The van der Waals surface area contributed by atoms with Crippen LogP contribution in [-0.2, 0) is 0 Å². The van der Waals surface area contributed by atoms with Crippen LogP contribution in [0.1, 0.15) is 58.8 Å². The third kappa shape index (κ3) is 2.55. The number of hydrogen-bond acceptors (Lipinski definition) is 0. The fourth-order valence-electron chi connectivity index (χ4n) is 9.24. The summed E-state index contributed by atoms with van der Waals surface area (Å²) in [4.78, 5) is 0. The minimum atomic E-state index is 0.444. The number of fused-ring (bicyclic) bond motifs is 5. The van der Waals surface area contributed by atoms with Gasteiger partial charge in [0.15, 0.2) is 0 Å². The lowest BCUT2D eigenvalue weighted by Crippen LogP contribution is -2.38. The van der Waals surface area contributed by atoms with Crippen molar-refractivity contribution in [2.24, 2.45) is 64.6 Å². The molecule has 0 aromatic heterocycles. The van der Waals surface area contributed by atoms with Crippen LogP contribution in [0.5, 0.6) is 0 Å². The van der Waals surface area contributed by atoms with E-state index in [0.717, 1.165) is 59.2 Å². The van der Waals surface area contributed by atoms with Crippen molar-refractivity contribution in [3.63, 3.8) is 0 Å². The van der Waals surface area contributed by atoms with E-state index in [1.165, 1.54) is 19.3 Å². The van der Waals surface area contributed by atoms with Gasteiger partial charge in [-0.1, -0.05) is 68.9 Å². The topological polar surface area (TPSA) is 0 Å². The van der Waals surface area contributed by atoms with Crippen LogP contribution in [0.4, 0.5) is 0 Å². The van der Waals surface area contributed by atoms with Crippen molar-refractivity contribution in [1.29, 1.82) is 0 Å². The Morgan fingerprint density at radius 1 is 0.607 bits per heavy atom. The average Bonchev–Trinajstić information content (AvgIpc) is 3.49. The van der Waals surface area contributed by atoms with Crippen molar-refractivity contribution < 1.29 is 0 Å². The second kappa shape index (κ2) is 6.48. The minimum Gasteiger partial charge on any atom is -0.0805 e. The molecule has 0 nitrogen and oxygen atoms in total. The Labute approximate surface area is 172 Å². The molecule has 0 aromatic carbocycles. The molecule has 6 rings (SSSR count). The van der Waals surface area contributed by atoms with E-state index in [4.69, 9.17) is 0 Å². The fourth-order valence-corrected chi connectivity index (χ4v) is 9.24. The zero-order valence-corrected chi connectivity index (χ0v) is 17.8. The molecule has 0 N–H and O–H groups in total. The highest BCUT2D eigenvalue weighted by molar-refractivity contribution is 5.29. The lowest BCUT2D eigenvalue weighted by molar-refractivity contribution is 0.0689. The number of allylic oxidation sites excluding steroid dienone is 8. The first-order valence-electron chi connectivity index (χ1n) is 12.3. The Morgan fingerprint density at radius 2 is 1.18 bits per heavy atom. The third-order valence-electron chi connectivity index (χ3n) is 10.5. The summed E-state index contributed by atoms with van der Waals surface area (Å²) >= 11 is 0. The maximum atomic E-state index is 2.66. The predicted octanol–water partition coefficient (Wildman–Crippen LogP) is 7.21. The van der Waals surface area contributed by atoms with Gasteiger partial charge in [0.1, 0.15) is 0 Å². The Kier molecular flexibility index (Phi) is 4.12. The molecule has 6 aliphatic rings. The third-order valence-corrected chi connectivity index (χ3v) is 10.5. The molecule has 150 valence electrons. The first kappa shape index (κ1) is 17.8. The molecule has 4 saturated carbocycles. The predicted molar refractivity (Wildman–Crippen MR) is 118 cm³/mol. The van der Waals surface area contributed by atoms with E-state index in [9.17, 15) is 0 Å². The van der Waals surface area contributed by atoms with E-state index in [2.05, 4.69) is 62.5 Å². The van der Waals surface area contributed by atoms with Crippen LogP contribution in [0.15, 0.2) is 48.6 Å². The van der Waals surface area contributed by atoms with E-state index in [0.29, 0.717) is 5.41 Å². The Bertz CT molecular complexity index is 699. The van der Waals surface area contributed by atoms with E-state index in [1.807, 2.05) is 0 Å². The van der Waals surface area contributed by atoms with Crippen LogP contribution in [0.3, 0.4) is 0 Å². The number of rotatable bonds is 3. The van der Waals surface area contributed by atoms with Gasteiger partial charge in [0.25, 0.3) is 0 Å². The largest absolute Gasteiger partial charge is 0.0805 e. The highest BCUT2D eigenvalue weighted by Crippen LogP contribution is 2.63. The van der Waals surface area contributed by atoms with Crippen molar-refractivity contribution in [3.05, 3.63) is 48.6 Å². The molecule has 4 fully saturated rings. The SMILES string of the molecule is CC(C)(C1CC[C@@H](C2CC3CCC2C3)C1)C1C2C=CC=CC2C2C=CC=CC21. The second-order valence-corrected chi connectivity index (χ2v) is 11.8. The standard InChI is InChI=1S/C28H38/c1-28(2,21-14-13-20(17-21)26-16-18-11-12-19(26)15-18)27-24-9-5-3-7-22(24)23-8-4-6-10-25(23)27/h3-10,18-27H,11-17H2,1-2H3/t18?,19?,20-,21?,22?,23?,24?,25?,26?,27?/m1/s1. The minimum absolute atomic E-state index is 0.444. The van der Waals surface area contributed by atoms with Gasteiger partial charge in [-0.05, 0) is 103 Å². The maximum Gasteiger partial charge on any atom is -0.00954 e. The summed E-state index contributed by atoms with van der Waals surface area (Å²) < 4.78 is 0. The molecule has 2 bridgehead atoms. The molecule has 8 unspecified atom stereocenters. The smallest absolute Gasteiger partial charge is 0.00954 e. The highest BCUT2D eigenvalue weighted by Gasteiger charge is 2.56. The van der Waals surface area contributed by atoms with E-state index in [1.54, 1.807) is 25.7 Å². The van der Waals surface area contributed by atoms with Crippen LogP contribution in [0.2, 0.25) is 0 Å². The number of hydrogen-bond donors (Lipinski definition) is 0. The molecule has 0 saturated heterocycles. The first-order valence-corrected chi connectivity index (χ1v) is 12.3. The van der Waals surface area contributed by atoms with Crippen LogP contribution < -0.4 is 0 Å². The van der Waals surface area contributed by atoms with Crippen molar-refractivity contribution in [1.82, 2.24) is 0 Å². The van der Waals surface area contributed by atoms with Crippen molar-refractivity contribution in [2.75, 3.05) is 0 Å². The zero-order chi connectivity index (χ0) is 18.9. The Balaban J connectivity index is 1.24. The summed E-state index contributed by atoms with van der Waals surface area (Å²) in [5.74, 6) is 9.02. The van der Waals surface area contributed by atoms with E-state index >= 15 is 0 Å². The van der Waals surface area contributed by atoms with Crippen molar-refractivity contribution >= 4 is 0 Å². The molecule has 0 spiro atoms. The van der Waals surface area contributed by atoms with Gasteiger partial charge < -0.3 is 0 Å². The van der Waals surface area contributed by atoms with Gasteiger partial charge in [-0.25, -0.2) is 0 Å². The monoisotopic (exact) mass is 374 g/mol. The molecular weight excluding hydrogens is 336 g/mol. The van der Waals surface area contributed by atoms with Crippen LogP contribution >= 0.6 is 0 Å². The quantitative estimate of drug-likeness (QED) is 0.489. The molecule has 0 aromatic rings. The van der Waals surface area contributed by atoms with Gasteiger partial charge in [0.2, 0.25) is 0 Å². The summed E-state index contributed by atoms with van der Waals surface area (Å²) in [6.45, 7) is 5.31. The first-order chi connectivity index (χ1) is 13.6. The van der Waals surface area contributed by atoms with Crippen LogP contribution in [-0.4, -0.2) is 0 Å². The second-order valence-electron chi connectivity index (χ2n) is 11.8. The van der Waals surface area contributed by atoms with E-state index < -0.39 is 0 Å². The Morgan fingerprint density at radius 3 is 1.75 bits per heavy atom. The summed E-state index contributed by atoms with van der Waals surface area (Å²) in [5, 5.41) is 0. The zero-order valence-electron chi connectivity index (χ0n) is 17.8. The fraction of sp³-hybridized carbons (Fsp3) is 0.714. The van der Waals surface area contributed by atoms with Crippen LogP contribution in [0.25, 0.3) is 0 Å². The summed E-state index contributed by atoms with van der Waals surface area (Å²) in [6.07, 6.45) is 30.3. The summed E-state index contributed by atoms with van der Waals surface area (Å²) in [6, 6.07) is 0. The van der Waals surface area contributed by atoms with Gasteiger partial charge in [0.05, 0.1) is 0 Å². The van der Waals surface area contributed by atoms with Gasteiger partial charge >= 0.3 is 0 Å². The molecule has 6 aliphatic carbocycles. The molecule has 0 heteroatoms. The van der Waals surface area contributed by atoms with Crippen LogP contribution in [0, 0.1) is 64.6 Å². The van der Waals surface area contributed by atoms with Crippen molar-refractivity contribution in [3.8, 4) is 0 Å². The normalized spacial score (nSPS) is 51.1. The molecule has 0 heterocycles. The molecule has 0 amide bonds. The lowest BCUT2D eigenvalue weighted by Gasteiger charge is -2.44. The molecule has 28 heavy (non-hydrogen) atoms. The summed E-state index contributed by atoms with van der Waals surface area (Å²) in [7, 11) is 0. The lowest BCUT2D eigenvalue weighted by atomic mass is 9.61. The van der Waals surface area contributed by atoms with Gasteiger partial charge in [-0.2, -0.15) is 0 Å². The van der Waals surface area contributed by atoms with Gasteiger partial charge in [-0.15, -0.1) is 0 Å². The average molecular weight is 375 g/mol.